The molecule has 0 fully saturated rings. The molecule has 3 N–H and O–H groups in total. The highest BCUT2D eigenvalue weighted by molar-refractivity contribution is 5.98. The van der Waals surface area contributed by atoms with Crippen molar-refractivity contribution in [1.82, 2.24) is 0 Å². The van der Waals surface area contributed by atoms with Gasteiger partial charge in [0.1, 0.15) is 0 Å². The maximum Gasteiger partial charge on any atom is 0.303 e. The summed E-state index contributed by atoms with van der Waals surface area (Å²) < 4.78 is 0. The first kappa shape index (κ1) is 17.4. The molecule has 0 aromatic heterocycles. The molecule has 0 atom stereocenters. The zero-order valence-corrected chi connectivity index (χ0v) is 11.9. The van der Waals surface area contributed by atoms with Gasteiger partial charge in [0.25, 0.3) is 0 Å². The summed E-state index contributed by atoms with van der Waals surface area (Å²) in [4.78, 5) is 44.0. The number of hydrogen-bond acceptors (Lipinski definition) is 4. The molecule has 118 valence electrons. The molecule has 0 aliphatic carbocycles. The van der Waals surface area contributed by atoms with Crippen molar-refractivity contribution in [2.75, 3.05) is 5.32 Å². The first-order chi connectivity index (χ1) is 10.4. The van der Waals surface area contributed by atoms with Crippen molar-refractivity contribution >= 4 is 29.3 Å². The van der Waals surface area contributed by atoms with Gasteiger partial charge < -0.3 is 15.5 Å². The van der Waals surface area contributed by atoms with E-state index in [0.717, 1.165) is 0 Å². The molecule has 7 nitrogen and oxygen atoms in total. The second kappa shape index (κ2) is 8.56. The Kier molecular flexibility index (Phi) is 6.75. The van der Waals surface area contributed by atoms with Gasteiger partial charge in [0.2, 0.25) is 5.91 Å². The first-order valence-electron chi connectivity index (χ1n) is 6.75. The lowest BCUT2D eigenvalue weighted by atomic mass is 10.1. The zero-order chi connectivity index (χ0) is 16.5. The van der Waals surface area contributed by atoms with Crippen molar-refractivity contribution in [2.24, 2.45) is 0 Å². The average Bonchev–Trinajstić information content (AvgIpc) is 2.45. The Labute approximate surface area is 127 Å². The Morgan fingerprint density at radius 2 is 1.41 bits per heavy atom. The van der Waals surface area contributed by atoms with Crippen LogP contribution in [0.5, 0.6) is 0 Å². The third-order valence-electron chi connectivity index (χ3n) is 2.85. The van der Waals surface area contributed by atoms with E-state index in [4.69, 9.17) is 10.2 Å². The normalized spacial score (nSPS) is 10.0. The minimum Gasteiger partial charge on any atom is -0.481 e. The standard InChI is InChI=1S/C15H17NO6/c17-12(8-9-15(21)22)10-4-6-11(7-5-10)16-13(18)2-1-3-14(19)20/h4-7H,1-3,8-9H2,(H,16,18)(H,19,20)(H,21,22). The van der Waals surface area contributed by atoms with Gasteiger partial charge in [0, 0.05) is 30.5 Å². The molecule has 0 heterocycles. The molecule has 1 amide bonds. The summed E-state index contributed by atoms with van der Waals surface area (Å²) in [7, 11) is 0. The number of amides is 1. The lowest BCUT2D eigenvalue weighted by molar-refractivity contribution is -0.138. The summed E-state index contributed by atoms with van der Waals surface area (Å²) >= 11 is 0. The zero-order valence-electron chi connectivity index (χ0n) is 11.9. The second-order valence-electron chi connectivity index (χ2n) is 4.69. The van der Waals surface area contributed by atoms with Crippen LogP contribution in [0.2, 0.25) is 0 Å². The van der Waals surface area contributed by atoms with E-state index in [2.05, 4.69) is 5.32 Å². The highest BCUT2D eigenvalue weighted by atomic mass is 16.4. The second-order valence-corrected chi connectivity index (χ2v) is 4.69. The fourth-order valence-electron chi connectivity index (χ4n) is 1.73. The highest BCUT2D eigenvalue weighted by Gasteiger charge is 2.09. The Hall–Kier alpha value is -2.70. The van der Waals surface area contributed by atoms with Crippen LogP contribution < -0.4 is 5.32 Å². The lowest BCUT2D eigenvalue weighted by Gasteiger charge is -2.06. The van der Waals surface area contributed by atoms with Crippen LogP contribution in [0.25, 0.3) is 0 Å². The Balaban J connectivity index is 2.47. The number of Topliss-reactive ketones (excluding diaryl/α,β-unsaturated/α-hetero) is 1. The highest BCUT2D eigenvalue weighted by Crippen LogP contribution is 2.13. The van der Waals surface area contributed by atoms with Crippen molar-refractivity contribution in [1.29, 1.82) is 0 Å². The predicted octanol–water partition coefficient (Wildman–Crippen LogP) is 1.93. The topological polar surface area (TPSA) is 121 Å². The number of carbonyl (C=O) groups excluding carboxylic acids is 2. The number of anilines is 1. The molecular weight excluding hydrogens is 290 g/mol. The molecule has 1 rings (SSSR count). The van der Waals surface area contributed by atoms with Gasteiger partial charge in [-0.25, -0.2) is 0 Å². The van der Waals surface area contributed by atoms with E-state index in [1.54, 1.807) is 12.1 Å². The number of nitrogens with one attached hydrogen (secondary N) is 1. The van der Waals surface area contributed by atoms with Crippen molar-refractivity contribution in [3.63, 3.8) is 0 Å². The maximum absolute atomic E-state index is 11.7. The molecule has 0 unspecified atom stereocenters. The van der Waals surface area contributed by atoms with Crippen LogP contribution in [-0.2, 0) is 14.4 Å². The van der Waals surface area contributed by atoms with Crippen LogP contribution in [0.1, 0.15) is 42.5 Å². The molecule has 22 heavy (non-hydrogen) atoms. The molecule has 0 radical (unpaired) electrons. The summed E-state index contributed by atoms with van der Waals surface area (Å²) in [5.41, 5.74) is 0.875. The summed E-state index contributed by atoms with van der Waals surface area (Å²) in [5.74, 6) is -2.55. The number of benzene rings is 1. The van der Waals surface area contributed by atoms with E-state index < -0.39 is 11.9 Å². The van der Waals surface area contributed by atoms with Crippen LogP contribution in [0.15, 0.2) is 24.3 Å². The van der Waals surface area contributed by atoms with Gasteiger partial charge in [0.15, 0.2) is 5.78 Å². The van der Waals surface area contributed by atoms with Crippen LogP contribution in [0.4, 0.5) is 5.69 Å². The summed E-state index contributed by atoms with van der Waals surface area (Å²) in [6, 6.07) is 6.11. The molecule has 0 saturated heterocycles. The van der Waals surface area contributed by atoms with Crippen LogP contribution in [0.3, 0.4) is 0 Å². The van der Waals surface area contributed by atoms with Gasteiger partial charge >= 0.3 is 11.9 Å². The number of ketones is 1. The number of carboxylic acid groups (broad SMARTS) is 2. The minimum absolute atomic E-state index is 0.0650. The molecule has 0 bridgehead atoms. The predicted molar refractivity (Wildman–Crippen MR) is 77.8 cm³/mol. The van der Waals surface area contributed by atoms with Crippen molar-refractivity contribution in [2.45, 2.75) is 32.1 Å². The smallest absolute Gasteiger partial charge is 0.303 e. The largest absolute Gasteiger partial charge is 0.481 e. The number of aliphatic carboxylic acids is 2. The molecule has 0 aliphatic rings. The Bertz CT molecular complexity index is 564. The van der Waals surface area contributed by atoms with E-state index in [1.807, 2.05) is 0 Å². The number of rotatable bonds is 9. The SMILES string of the molecule is O=C(O)CCCC(=O)Nc1ccc(C(=O)CCC(=O)O)cc1. The van der Waals surface area contributed by atoms with Gasteiger partial charge in [-0.05, 0) is 30.7 Å². The van der Waals surface area contributed by atoms with E-state index in [1.165, 1.54) is 12.1 Å². The molecule has 7 heteroatoms. The number of carbonyl (C=O) groups is 4. The quantitative estimate of drug-likeness (QED) is 0.599. The summed E-state index contributed by atoms with van der Waals surface area (Å²) in [6.45, 7) is 0. The third-order valence-corrected chi connectivity index (χ3v) is 2.85. The number of carboxylic acids is 2. The Morgan fingerprint density at radius 3 is 1.95 bits per heavy atom. The van der Waals surface area contributed by atoms with Crippen molar-refractivity contribution in [3.8, 4) is 0 Å². The molecule has 0 spiro atoms. The van der Waals surface area contributed by atoms with Gasteiger partial charge in [0.05, 0.1) is 6.42 Å². The summed E-state index contributed by atoms with van der Waals surface area (Å²) in [6.07, 6.45) is 0.0000800. The van der Waals surface area contributed by atoms with E-state index in [9.17, 15) is 19.2 Å². The lowest BCUT2D eigenvalue weighted by Crippen LogP contribution is -2.12. The molecular formula is C15H17NO6. The first-order valence-corrected chi connectivity index (χ1v) is 6.75. The Morgan fingerprint density at radius 1 is 0.818 bits per heavy atom. The van der Waals surface area contributed by atoms with Gasteiger partial charge in [-0.15, -0.1) is 0 Å². The maximum atomic E-state index is 11.7. The molecule has 1 aromatic carbocycles. The van der Waals surface area contributed by atoms with Crippen LogP contribution >= 0.6 is 0 Å². The number of hydrogen-bond donors (Lipinski definition) is 3. The fourth-order valence-corrected chi connectivity index (χ4v) is 1.73. The van der Waals surface area contributed by atoms with Gasteiger partial charge in [-0.3, -0.25) is 19.2 Å². The van der Waals surface area contributed by atoms with E-state index >= 15 is 0 Å². The minimum atomic E-state index is -1.03. The fraction of sp³-hybridized carbons (Fsp3) is 0.333. The van der Waals surface area contributed by atoms with Crippen LogP contribution in [0, 0.1) is 0 Å². The monoisotopic (exact) mass is 307 g/mol. The van der Waals surface area contributed by atoms with E-state index in [0.29, 0.717) is 11.3 Å². The van der Waals surface area contributed by atoms with Gasteiger partial charge in [-0.2, -0.15) is 0 Å². The summed E-state index contributed by atoms with van der Waals surface area (Å²) in [5, 5.41) is 19.6. The van der Waals surface area contributed by atoms with Gasteiger partial charge in [-0.1, -0.05) is 0 Å². The van der Waals surface area contributed by atoms with Crippen molar-refractivity contribution in [3.05, 3.63) is 29.8 Å². The molecule has 0 saturated carbocycles. The van der Waals surface area contributed by atoms with E-state index in [-0.39, 0.29) is 43.8 Å². The molecule has 0 aliphatic heterocycles. The van der Waals surface area contributed by atoms with Crippen molar-refractivity contribution < 1.29 is 29.4 Å². The average molecular weight is 307 g/mol. The third kappa shape index (κ3) is 6.65. The van der Waals surface area contributed by atoms with Crippen LogP contribution in [-0.4, -0.2) is 33.8 Å². The molecule has 1 aromatic rings.